The van der Waals surface area contributed by atoms with Gasteiger partial charge < -0.3 is 5.32 Å². The summed E-state index contributed by atoms with van der Waals surface area (Å²) in [5.41, 5.74) is 1.90. The molecule has 1 N–H and O–H groups in total. The maximum Gasteiger partial charge on any atom is 0.329 e. The third-order valence-electron chi connectivity index (χ3n) is 5.21. The molecular formula is C20H23N5O2. The van der Waals surface area contributed by atoms with Gasteiger partial charge in [-0.25, -0.2) is 19.4 Å². The molecule has 1 aromatic carbocycles. The van der Waals surface area contributed by atoms with Crippen LogP contribution >= 0.6 is 0 Å². The zero-order chi connectivity index (χ0) is 18.9. The molecule has 7 heteroatoms. The number of nitrogens with one attached hydrogen (secondary N) is 1. The van der Waals surface area contributed by atoms with Gasteiger partial charge in [0, 0.05) is 6.42 Å². The first-order valence-electron chi connectivity index (χ1n) is 9.31. The number of hydrogen-bond acceptors (Lipinski definition) is 4. The molecule has 1 fully saturated rings. The van der Waals surface area contributed by atoms with Gasteiger partial charge in [0.1, 0.15) is 18.2 Å². The highest BCUT2D eigenvalue weighted by atomic mass is 16.2. The molecule has 0 saturated carbocycles. The Balaban J connectivity index is 1.56. The first-order valence-corrected chi connectivity index (χ1v) is 9.31. The van der Waals surface area contributed by atoms with Crippen LogP contribution in [-0.4, -0.2) is 32.2 Å². The average molecular weight is 365 g/mol. The van der Waals surface area contributed by atoms with Gasteiger partial charge in [-0.15, -0.1) is 0 Å². The molecule has 4 rings (SSSR count). The molecule has 7 nitrogen and oxygen atoms in total. The van der Waals surface area contributed by atoms with E-state index in [4.69, 9.17) is 0 Å². The first kappa shape index (κ1) is 17.5. The van der Waals surface area contributed by atoms with Crippen molar-refractivity contribution in [1.82, 2.24) is 20.1 Å². The van der Waals surface area contributed by atoms with Crippen LogP contribution in [0.5, 0.6) is 0 Å². The van der Waals surface area contributed by atoms with Gasteiger partial charge in [-0.3, -0.25) is 4.79 Å². The normalized spacial score (nSPS) is 22.7. The van der Waals surface area contributed by atoms with E-state index in [2.05, 4.69) is 21.5 Å². The van der Waals surface area contributed by atoms with E-state index in [-0.39, 0.29) is 11.9 Å². The minimum atomic E-state index is -0.887. The number of urea groups is 1. The van der Waals surface area contributed by atoms with Crippen LogP contribution in [0.3, 0.4) is 0 Å². The summed E-state index contributed by atoms with van der Waals surface area (Å²) in [4.78, 5) is 30.9. The highest BCUT2D eigenvalue weighted by Gasteiger charge is 2.48. The van der Waals surface area contributed by atoms with Crippen LogP contribution < -0.4 is 10.2 Å². The zero-order valence-electron chi connectivity index (χ0n) is 15.4. The Morgan fingerprint density at radius 2 is 2.15 bits per heavy atom. The van der Waals surface area contributed by atoms with Crippen LogP contribution in [0.4, 0.5) is 10.5 Å². The van der Waals surface area contributed by atoms with Crippen LogP contribution in [0, 0.1) is 0 Å². The number of carbonyl (C=O) groups is 2. The zero-order valence-corrected chi connectivity index (χ0v) is 15.4. The lowest BCUT2D eigenvalue weighted by Gasteiger charge is -2.25. The number of imide groups is 1. The molecule has 0 radical (unpaired) electrons. The molecule has 1 atom stereocenters. The molecule has 0 spiro atoms. The Bertz CT molecular complexity index is 890. The van der Waals surface area contributed by atoms with Crippen molar-refractivity contribution in [3.8, 4) is 0 Å². The molecule has 1 aliphatic carbocycles. The van der Waals surface area contributed by atoms with Crippen LogP contribution in [-0.2, 0) is 11.3 Å². The predicted molar refractivity (Wildman–Crippen MR) is 101 cm³/mol. The van der Waals surface area contributed by atoms with E-state index in [0.717, 1.165) is 24.8 Å². The number of rotatable bonds is 5. The van der Waals surface area contributed by atoms with Crippen molar-refractivity contribution in [2.24, 2.45) is 0 Å². The molecule has 3 amide bonds. The fourth-order valence-electron chi connectivity index (χ4n) is 3.85. The third-order valence-corrected chi connectivity index (χ3v) is 5.21. The van der Waals surface area contributed by atoms with E-state index in [0.29, 0.717) is 18.7 Å². The topological polar surface area (TPSA) is 80.1 Å². The van der Waals surface area contributed by atoms with Crippen molar-refractivity contribution in [1.29, 1.82) is 0 Å². The summed E-state index contributed by atoms with van der Waals surface area (Å²) in [5, 5.41) is 7.01. The lowest BCUT2D eigenvalue weighted by molar-refractivity contribution is -0.121. The van der Waals surface area contributed by atoms with Crippen molar-refractivity contribution in [2.45, 2.75) is 51.1 Å². The Labute approximate surface area is 158 Å². The van der Waals surface area contributed by atoms with E-state index >= 15 is 0 Å². The second kappa shape index (κ2) is 6.98. The molecule has 1 unspecified atom stereocenters. The smallest absolute Gasteiger partial charge is 0.323 e. The van der Waals surface area contributed by atoms with E-state index in [1.165, 1.54) is 23.2 Å². The Morgan fingerprint density at radius 3 is 2.89 bits per heavy atom. The van der Waals surface area contributed by atoms with E-state index in [1.54, 1.807) is 17.1 Å². The van der Waals surface area contributed by atoms with Crippen LogP contribution in [0.2, 0.25) is 0 Å². The van der Waals surface area contributed by atoms with E-state index in [9.17, 15) is 9.59 Å². The summed E-state index contributed by atoms with van der Waals surface area (Å²) in [6.45, 7) is 2.35. The summed E-state index contributed by atoms with van der Waals surface area (Å²) in [7, 11) is 0. The standard InChI is InChI=1S/C20H23N5O2/c1-20(11-15-6-3-2-4-7-15)18(26)25(19(27)23-20)17-9-5-8-16(10-17)12-24-14-21-13-22-24/h5-6,8-10,13-14H,2-4,7,11-12H2,1H3,(H,23,27). The van der Waals surface area contributed by atoms with Gasteiger partial charge in [-0.05, 0) is 50.3 Å². The van der Waals surface area contributed by atoms with Crippen molar-refractivity contribution in [3.05, 3.63) is 54.1 Å². The van der Waals surface area contributed by atoms with Crippen molar-refractivity contribution in [2.75, 3.05) is 4.90 Å². The van der Waals surface area contributed by atoms with Gasteiger partial charge in [0.25, 0.3) is 5.91 Å². The monoisotopic (exact) mass is 365 g/mol. The van der Waals surface area contributed by atoms with Gasteiger partial charge in [0.05, 0.1) is 12.2 Å². The van der Waals surface area contributed by atoms with Gasteiger partial charge in [0.2, 0.25) is 0 Å². The molecule has 0 bridgehead atoms. The van der Waals surface area contributed by atoms with Crippen LogP contribution in [0.25, 0.3) is 0 Å². The molecule has 2 heterocycles. The van der Waals surface area contributed by atoms with Gasteiger partial charge in [-0.2, -0.15) is 5.10 Å². The number of amides is 3. The van der Waals surface area contributed by atoms with Gasteiger partial charge in [-0.1, -0.05) is 23.8 Å². The predicted octanol–water partition coefficient (Wildman–Crippen LogP) is 3.03. The fourth-order valence-corrected chi connectivity index (χ4v) is 3.85. The van der Waals surface area contributed by atoms with E-state index < -0.39 is 5.54 Å². The third kappa shape index (κ3) is 3.49. The highest BCUT2D eigenvalue weighted by Crippen LogP contribution is 2.32. The number of allylic oxidation sites excluding steroid dienone is 1. The minimum absolute atomic E-state index is 0.197. The number of benzene rings is 1. The summed E-state index contributed by atoms with van der Waals surface area (Å²) in [6.07, 6.45) is 10.3. The maximum absolute atomic E-state index is 13.1. The second-order valence-corrected chi connectivity index (χ2v) is 7.45. The summed E-state index contributed by atoms with van der Waals surface area (Å²) < 4.78 is 1.70. The Kier molecular flexibility index (Phi) is 4.51. The number of carbonyl (C=O) groups excluding carboxylic acids is 2. The minimum Gasteiger partial charge on any atom is -0.323 e. The van der Waals surface area contributed by atoms with Crippen LogP contribution in [0.1, 0.15) is 44.6 Å². The largest absolute Gasteiger partial charge is 0.329 e. The number of nitrogens with zero attached hydrogens (tertiary/aromatic N) is 4. The first-order chi connectivity index (χ1) is 13.0. The molecule has 2 aliphatic rings. The van der Waals surface area contributed by atoms with Crippen LogP contribution in [0.15, 0.2) is 48.6 Å². The number of anilines is 1. The van der Waals surface area contributed by atoms with Gasteiger partial charge in [0.15, 0.2) is 0 Å². The maximum atomic E-state index is 13.1. The molecule has 27 heavy (non-hydrogen) atoms. The average Bonchev–Trinajstić information content (AvgIpc) is 3.23. The van der Waals surface area contributed by atoms with Crippen molar-refractivity contribution >= 4 is 17.6 Å². The van der Waals surface area contributed by atoms with Crippen molar-refractivity contribution in [3.63, 3.8) is 0 Å². The summed E-state index contributed by atoms with van der Waals surface area (Å²) in [6, 6.07) is 7.06. The molecule has 1 saturated heterocycles. The number of hydrogen-bond donors (Lipinski definition) is 1. The van der Waals surface area contributed by atoms with E-state index in [1.807, 2.05) is 25.1 Å². The Hall–Kier alpha value is -2.96. The molecule has 1 aliphatic heterocycles. The summed E-state index contributed by atoms with van der Waals surface area (Å²) >= 11 is 0. The molecule has 140 valence electrons. The fraction of sp³-hybridized carbons (Fsp3) is 0.400. The lowest BCUT2D eigenvalue weighted by atomic mass is 9.87. The molecule has 1 aromatic heterocycles. The lowest BCUT2D eigenvalue weighted by Crippen LogP contribution is -2.44. The highest BCUT2D eigenvalue weighted by molar-refractivity contribution is 6.23. The Morgan fingerprint density at radius 1 is 1.26 bits per heavy atom. The quantitative estimate of drug-likeness (QED) is 0.652. The summed E-state index contributed by atoms with van der Waals surface area (Å²) in [5.74, 6) is -0.197. The molecular weight excluding hydrogens is 342 g/mol. The van der Waals surface area contributed by atoms with Gasteiger partial charge >= 0.3 is 6.03 Å². The molecule has 2 aromatic rings. The van der Waals surface area contributed by atoms with Crippen molar-refractivity contribution < 1.29 is 9.59 Å². The number of aromatic nitrogens is 3. The second-order valence-electron chi connectivity index (χ2n) is 7.45. The SMILES string of the molecule is CC1(CC2=CCCCC2)NC(=O)N(c2cccc(Cn3cncn3)c2)C1=O.